The summed E-state index contributed by atoms with van der Waals surface area (Å²) in [5.74, 6) is 0.186. The molecule has 2 aromatic rings. The number of hydrogen-bond acceptors (Lipinski definition) is 5. The minimum atomic E-state index is -0.126. The smallest absolute Gasteiger partial charge is 0.254 e. The number of ketones is 1. The van der Waals surface area contributed by atoms with E-state index in [4.69, 9.17) is 11.6 Å². The number of nitrogens with zero attached hydrogens (tertiary/aromatic N) is 3. The topological polar surface area (TPSA) is 84.3 Å². The number of hydrogen-bond donors (Lipinski definition) is 1. The Morgan fingerprint density at radius 2 is 2.00 bits per heavy atom. The minimum Gasteiger partial charge on any atom is -0.352 e. The van der Waals surface area contributed by atoms with E-state index >= 15 is 0 Å². The molecule has 0 aromatic carbocycles. The molecule has 0 spiro atoms. The summed E-state index contributed by atoms with van der Waals surface area (Å²) in [6.45, 7) is 1.91. The molecule has 0 unspecified atom stereocenters. The van der Waals surface area contributed by atoms with E-state index in [-0.39, 0.29) is 30.4 Å². The lowest BCUT2D eigenvalue weighted by Crippen LogP contribution is -2.41. The van der Waals surface area contributed by atoms with E-state index in [1.807, 2.05) is 4.90 Å². The van der Waals surface area contributed by atoms with Crippen LogP contribution in [0.2, 0.25) is 4.34 Å². The van der Waals surface area contributed by atoms with Gasteiger partial charge in [0.25, 0.3) is 5.91 Å². The van der Waals surface area contributed by atoms with E-state index in [0.29, 0.717) is 40.3 Å². The summed E-state index contributed by atoms with van der Waals surface area (Å²) < 4.78 is 2.17. The molecule has 1 aliphatic rings. The SMILES string of the molecule is Cn1cc(C(=O)NCC2CCN(C(=O)CCC(=O)c3ccc(Cl)s3)CC2)cn1. The van der Waals surface area contributed by atoms with Gasteiger partial charge in [-0.3, -0.25) is 19.1 Å². The molecular weight excluding hydrogens is 400 g/mol. The lowest BCUT2D eigenvalue weighted by Gasteiger charge is -2.32. The second-order valence-corrected chi connectivity index (χ2v) is 8.68. The molecule has 1 N–H and O–H groups in total. The average molecular weight is 423 g/mol. The molecule has 1 saturated heterocycles. The van der Waals surface area contributed by atoms with Crippen LogP contribution in [-0.4, -0.2) is 51.9 Å². The summed E-state index contributed by atoms with van der Waals surface area (Å²) in [7, 11) is 1.77. The van der Waals surface area contributed by atoms with Crippen LogP contribution >= 0.6 is 22.9 Å². The molecule has 3 rings (SSSR count). The molecule has 0 radical (unpaired) electrons. The average Bonchev–Trinajstić information content (AvgIpc) is 3.32. The van der Waals surface area contributed by atoms with Gasteiger partial charge < -0.3 is 10.2 Å². The number of nitrogens with one attached hydrogen (secondary N) is 1. The number of Topliss-reactive ketones (excluding diaryl/α,β-unsaturated/α-hetero) is 1. The van der Waals surface area contributed by atoms with Gasteiger partial charge in [0.05, 0.1) is 21.0 Å². The van der Waals surface area contributed by atoms with Gasteiger partial charge in [-0.1, -0.05) is 11.6 Å². The van der Waals surface area contributed by atoms with Crippen LogP contribution in [-0.2, 0) is 11.8 Å². The molecule has 28 heavy (non-hydrogen) atoms. The van der Waals surface area contributed by atoms with E-state index in [2.05, 4.69) is 10.4 Å². The van der Waals surface area contributed by atoms with Crippen LogP contribution in [0.1, 0.15) is 45.7 Å². The maximum Gasteiger partial charge on any atom is 0.254 e. The normalized spacial score (nSPS) is 14.9. The van der Waals surface area contributed by atoms with Gasteiger partial charge in [-0.25, -0.2) is 0 Å². The Morgan fingerprint density at radius 3 is 2.61 bits per heavy atom. The van der Waals surface area contributed by atoms with Crippen LogP contribution < -0.4 is 5.32 Å². The van der Waals surface area contributed by atoms with E-state index in [0.717, 1.165) is 12.8 Å². The fourth-order valence-electron chi connectivity index (χ4n) is 3.23. The largest absolute Gasteiger partial charge is 0.352 e. The van der Waals surface area contributed by atoms with Gasteiger partial charge in [0.1, 0.15) is 0 Å². The van der Waals surface area contributed by atoms with E-state index in [1.54, 1.807) is 36.3 Å². The third-order valence-electron chi connectivity index (χ3n) is 4.90. The third kappa shape index (κ3) is 5.42. The number of thiophene rings is 1. The Balaban J connectivity index is 1.36. The number of aryl methyl sites for hydroxylation is 1. The van der Waals surface area contributed by atoms with Crippen LogP contribution in [0, 0.1) is 5.92 Å². The van der Waals surface area contributed by atoms with Crippen LogP contribution in [0.4, 0.5) is 0 Å². The monoisotopic (exact) mass is 422 g/mol. The van der Waals surface area contributed by atoms with Gasteiger partial charge in [0.15, 0.2) is 5.78 Å². The number of piperidine rings is 1. The first-order valence-corrected chi connectivity index (χ1v) is 10.4. The summed E-state index contributed by atoms with van der Waals surface area (Å²) in [6.07, 6.45) is 5.33. The first-order valence-electron chi connectivity index (χ1n) is 9.25. The summed E-state index contributed by atoms with van der Waals surface area (Å²) in [5.41, 5.74) is 0.548. The molecule has 0 bridgehead atoms. The van der Waals surface area contributed by atoms with Crippen LogP contribution in [0.3, 0.4) is 0 Å². The van der Waals surface area contributed by atoms with Gasteiger partial charge in [-0.2, -0.15) is 5.10 Å². The van der Waals surface area contributed by atoms with Gasteiger partial charge in [-0.15, -0.1) is 11.3 Å². The zero-order valence-electron chi connectivity index (χ0n) is 15.7. The second kappa shape index (κ2) is 9.34. The van der Waals surface area contributed by atoms with Gasteiger partial charge in [0, 0.05) is 45.7 Å². The highest BCUT2D eigenvalue weighted by molar-refractivity contribution is 7.18. The molecule has 2 amide bonds. The number of halogens is 1. The van der Waals surface area contributed by atoms with Crippen LogP contribution in [0.15, 0.2) is 24.5 Å². The lowest BCUT2D eigenvalue weighted by atomic mass is 9.96. The van der Waals surface area contributed by atoms with Gasteiger partial charge >= 0.3 is 0 Å². The lowest BCUT2D eigenvalue weighted by molar-refractivity contribution is -0.132. The van der Waals surface area contributed by atoms with Gasteiger partial charge in [0.2, 0.25) is 5.91 Å². The maximum absolute atomic E-state index is 12.4. The minimum absolute atomic E-state index is 0.00819. The molecule has 150 valence electrons. The number of likely N-dealkylation sites (tertiary alicyclic amines) is 1. The van der Waals surface area contributed by atoms with Crippen molar-refractivity contribution in [3.63, 3.8) is 0 Å². The number of rotatable bonds is 7. The van der Waals surface area contributed by atoms with Crippen molar-refractivity contribution in [3.8, 4) is 0 Å². The van der Waals surface area contributed by atoms with E-state index in [9.17, 15) is 14.4 Å². The van der Waals surface area contributed by atoms with Crippen molar-refractivity contribution in [2.24, 2.45) is 13.0 Å². The standard InChI is InChI=1S/C19H23ClN4O3S/c1-23-12-14(11-22-23)19(27)21-10-13-6-8-24(9-7-13)18(26)5-2-15(25)16-3-4-17(20)28-16/h3-4,11-13H,2,5-10H2,1H3,(H,21,27). The first kappa shape index (κ1) is 20.5. The van der Waals surface area contributed by atoms with E-state index < -0.39 is 0 Å². The Labute approximate surface area is 172 Å². The highest BCUT2D eigenvalue weighted by atomic mass is 35.5. The first-order chi connectivity index (χ1) is 13.4. The Hall–Kier alpha value is -2.19. The number of carbonyl (C=O) groups is 3. The van der Waals surface area contributed by atoms with Crippen molar-refractivity contribution < 1.29 is 14.4 Å². The van der Waals surface area contributed by atoms with E-state index in [1.165, 1.54) is 11.3 Å². The fraction of sp³-hybridized carbons (Fsp3) is 0.474. The fourth-order valence-corrected chi connectivity index (χ4v) is 4.24. The molecule has 0 saturated carbocycles. The Kier molecular flexibility index (Phi) is 6.85. The van der Waals surface area contributed by atoms with Crippen LogP contribution in [0.25, 0.3) is 0 Å². The quantitative estimate of drug-likeness (QED) is 0.695. The molecule has 7 nitrogen and oxygen atoms in total. The molecule has 1 fully saturated rings. The Morgan fingerprint density at radius 1 is 1.25 bits per heavy atom. The maximum atomic E-state index is 12.4. The second-order valence-electron chi connectivity index (χ2n) is 6.96. The number of aromatic nitrogens is 2. The molecule has 1 aliphatic heterocycles. The zero-order chi connectivity index (χ0) is 20.1. The predicted molar refractivity (Wildman–Crippen MR) is 108 cm³/mol. The summed E-state index contributed by atoms with van der Waals surface area (Å²) in [6, 6.07) is 3.39. The highest BCUT2D eigenvalue weighted by Gasteiger charge is 2.24. The highest BCUT2D eigenvalue weighted by Crippen LogP contribution is 2.23. The van der Waals surface area contributed by atoms with Crippen molar-refractivity contribution in [2.75, 3.05) is 19.6 Å². The summed E-state index contributed by atoms with van der Waals surface area (Å²) in [5, 5.41) is 6.93. The molecule has 2 aromatic heterocycles. The molecule has 9 heteroatoms. The van der Waals surface area contributed by atoms with Crippen molar-refractivity contribution in [1.29, 1.82) is 0 Å². The number of carbonyl (C=O) groups excluding carboxylic acids is 3. The molecule has 0 aliphatic carbocycles. The summed E-state index contributed by atoms with van der Waals surface area (Å²) >= 11 is 7.09. The number of amides is 2. The summed E-state index contributed by atoms with van der Waals surface area (Å²) in [4.78, 5) is 39.0. The zero-order valence-corrected chi connectivity index (χ0v) is 17.3. The van der Waals surface area contributed by atoms with Gasteiger partial charge in [-0.05, 0) is 30.9 Å². The predicted octanol–water partition coefficient (Wildman–Crippen LogP) is 2.77. The van der Waals surface area contributed by atoms with Crippen molar-refractivity contribution in [3.05, 3.63) is 39.3 Å². The molecule has 3 heterocycles. The third-order valence-corrected chi connectivity index (χ3v) is 6.17. The van der Waals surface area contributed by atoms with Crippen LogP contribution in [0.5, 0.6) is 0 Å². The van der Waals surface area contributed by atoms with Crippen molar-refractivity contribution in [1.82, 2.24) is 20.0 Å². The van der Waals surface area contributed by atoms with Crippen molar-refractivity contribution in [2.45, 2.75) is 25.7 Å². The van der Waals surface area contributed by atoms with Crippen molar-refractivity contribution >= 4 is 40.5 Å². The molecular formula is C19H23ClN4O3S. The molecule has 0 atom stereocenters. The Bertz CT molecular complexity index is 855.